The van der Waals surface area contributed by atoms with Crippen LogP contribution in [0.3, 0.4) is 0 Å². The molecule has 0 fully saturated rings. The third kappa shape index (κ3) is 4.14. The minimum Gasteiger partial charge on any atom is -0.356 e. The summed E-state index contributed by atoms with van der Waals surface area (Å²) in [5.74, 6) is 0.0839. The van der Waals surface area contributed by atoms with Gasteiger partial charge >= 0.3 is 0 Å². The standard InChI is InChI=1S/C19H25N5O.ClH/c1-13-15(9-10-18(25)21-12-6-11-20-3)14(2)24-19(22-13)16-7-4-5-8-17(16)23-24;/h4-5,7-8,20H,6,9-12H2,1-3H3,(H,21,25);1H. The van der Waals surface area contributed by atoms with E-state index in [-0.39, 0.29) is 18.3 Å². The first-order valence-corrected chi connectivity index (χ1v) is 8.76. The maximum Gasteiger partial charge on any atom is 0.220 e. The van der Waals surface area contributed by atoms with Gasteiger partial charge in [-0.25, -0.2) is 9.50 Å². The molecule has 0 aliphatic heterocycles. The van der Waals surface area contributed by atoms with Gasteiger partial charge in [0.2, 0.25) is 5.91 Å². The van der Waals surface area contributed by atoms with Gasteiger partial charge in [-0.2, -0.15) is 5.10 Å². The van der Waals surface area contributed by atoms with Crippen LogP contribution in [0.25, 0.3) is 16.6 Å². The van der Waals surface area contributed by atoms with Gasteiger partial charge in [0.25, 0.3) is 0 Å². The highest BCUT2D eigenvalue weighted by molar-refractivity contribution is 5.92. The number of carbonyl (C=O) groups excluding carboxylic acids is 1. The van der Waals surface area contributed by atoms with Gasteiger partial charge in [0.1, 0.15) is 0 Å². The Bertz CT molecular complexity index is 906. The lowest BCUT2D eigenvalue weighted by molar-refractivity contribution is -0.121. The van der Waals surface area contributed by atoms with E-state index in [1.54, 1.807) is 0 Å². The van der Waals surface area contributed by atoms with Gasteiger partial charge in [0.05, 0.1) is 5.52 Å². The van der Waals surface area contributed by atoms with Crippen LogP contribution in [0.4, 0.5) is 0 Å². The van der Waals surface area contributed by atoms with Crippen molar-refractivity contribution in [2.24, 2.45) is 0 Å². The molecule has 26 heavy (non-hydrogen) atoms. The Kier molecular flexibility index (Phi) is 6.94. The Balaban J connectivity index is 0.00000243. The third-order valence-electron chi connectivity index (χ3n) is 4.55. The molecule has 0 saturated carbocycles. The van der Waals surface area contributed by atoms with Crippen molar-refractivity contribution < 1.29 is 4.79 Å². The van der Waals surface area contributed by atoms with Gasteiger partial charge in [-0.15, -0.1) is 12.4 Å². The lowest BCUT2D eigenvalue weighted by Gasteiger charge is -2.11. The molecule has 0 spiro atoms. The van der Waals surface area contributed by atoms with Crippen LogP contribution in [-0.4, -0.2) is 40.6 Å². The molecule has 0 unspecified atom stereocenters. The molecule has 3 aromatic rings. The fraction of sp³-hybridized carbons (Fsp3) is 0.421. The minimum atomic E-state index is 0. The lowest BCUT2D eigenvalue weighted by atomic mass is 10.1. The summed E-state index contributed by atoms with van der Waals surface area (Å²) >= 11 is 0. The molecule has 0 saturated heterocycles. The molecule has 1 amide bonds. The second kappa shape index (κ2) is 8.96. The van der Waals surface area contributed by atoms with Crippen LogP contribution in [0.5, 0.6) is 0 Å². The monoisotopic (exact) mass is 375 g/mol. The summed E-state index contributed by atoms with van der Waals surface area (Å²) in [6, 6.07) is 8.03. The lowest BCUT2D eigenvalue weighted by Crippen LogP contribution is -2.27. The molecule has 0 radical (unpaired) electrons. The van der Waals surface area contributed by atoms with E-state index in [2.05, 4.69) is 15.7 Å². The SMILES string of the molecule is CNCCCNC(=O)CCc1c(C)nc2c3ccccc3nn2c1C.Cl. The van der Waals surface area contributed by atoms with Crippen molar-refractivity contribution >= 4 is 34.9 Å². The molecule has 0 aliphatic rings. The van der Waals surface area contributed by atoms with Crippen molar-refractivity contribution in [2.45, 2.75) is 33.1 Å². The first-order valence-electron chi connectivity index (χ1n) is 8.76. The fourth-order valence-electron chi connectivity index (χ4n) is 3.16. The summed E-state index contributed by atoms with van der Waals surface area (Å²) in [6.07, 6.45) is 2.08. The van der Waals surface area contributed by atoms with E-state index in [1.807, 2.05) is 49.7 Å². The normalized spacial score (nSPS) is 10.9. The van der Waals surface area contributed by atoms with Gasteiger partial charge in [0.15, 0.2) is 5.65 Å². The van der Waals surface area contributed by atoms with Gasteiger partial charge in [0, 0.05) is 29.7 Å². The van der Waals surface area contributed by atoms with E-state index in [1.165, 1.54) is 0 Å². The average Bonchev–Trinajstić information content (AvgIpc) is 2.97. The van der Waals surface area contributed by atoms with Crippen LogP contribution in [0.1, 0.15) is 29.8 Å². The Morgan fingerprint density at radius 3 is 2.73 bits per heavy atom. The summed E-state index contributed by atoms with van der Waals surface area (Å²) in [5, 5.41) is 11.8. The largest absolute Gasteiger partial charge is 0.356 e. The predicted octanol–water partition coefficient (Wildman–Crippen LogP) is 2.58. The zero-order valence-electron chi connectivity index (χ0n) is 15.5. The van der Waals surface area contributed by atoms with E-state index in [4.69, 9.17) is 4.98 Å². The molecule has 7 heteroatoms. The molecule has 2 aromatic heterocycles. The zero-order valence-corrected chi connectivity index (χ0v) is 16.3. The van der Waals surface area contributed by atoms with E-state index < -0.39 is 0 Å². The average molecular weight is 376 g/mol. The topological polar surface area (TPSA) is 71.3 Å². The molecule has 1 aromatic carbocycles. The van der Waals surface area contributed by atoms with Crippen LogP contribution in [0.2, 0.25) is 0 Å². The second-order valence-corrected chi connectivity index (χ2v) is 6.32. The van der Waals surface area contributed by atoms with Crippen molar-refractivity contribution in [3.8, 4) is 0 Å². The molecule has 3 rings (SSSR count). The summed E-state index contributed by atoms with van der Waals surface area (Å²) < 4.78 is 1.90. The van der Waals surface area contributed by atoms with Crippen molar-refractivity contribution in [1.29, 1.82) is 0 Å². The number of rotatable bonds is 7. The number of carbonyl (C=O) groups is 1. The number of aryl methyl sites for hydroxylation is 2. The Morgan fingerprint density at radius 2 is 1.96 bits per heavy atom. The summed E-state index contributed by atoms with van der Waals surface area (Å²) in [6.45, 7) is 5.67. The first kappa shape index (κ1) is 20.1. The molecule has 6 nitrogen and oxygen atoms in total. The van der Waals surface area contributed by atoms with Crippen molar-refractivity contribution in [3.05, 3.63) is 41.2 Å². The number of hydrogen-bond acceptors (Lipinski definition) is 4. The minimum absolute atomic E-state index is 0. The molecule has 0 aliphatic carbocycles. The highest BCUT2D eigenvalue weighted by Crippen LogP contribution is 2.22. The molecular weight excluding hydrogens is 350 g/mol. The molecule has 2 heterocycles. The number of amides is 1. The Labute approximate surface area is 159 Å². The van der Waals surface area contributed by atoms with Crippen LogP contribution in [-0.2, 0) is 11.2 Å². The van der Waals surface area contributed by atoms with Crippen LogP contribution >= 0.6 is 12.4 Å². The number of nitrogens with one attached hydrogen (secondary N) is 2. The predicted molar refractivity (Wildman–Crippen MR) is 107 cm³/mol. The van der Waals surface area contributed by atoms with E-state index in [0.29, 0.717) is 19.4 Å². The van der Waals surface area contributed by atoms with Gasteiger partial charge in [-0.3, -0.25) is 4.79 Å². The number of nitrogens with zero attached hydrogens (tertiary/aromatic N) is 3. The Morgan fingerprint density at radius 1 is 1.19 bits per heavy atom. The highest BCUT2D eigenvalue weighted by atomic mass is 35.5. The zero-order chi connectivity index (χ0) is 17.8. The number of aromatic nitrogens is 3. The van der Waals surface area contributed by atoms with Crippen LogP contribution < -0.4 is 10.6 Å². The second-order valence-electron chi connectivity index (χ2n) is 6.32. The Hall–Kier alpha value is -2.18. The number of hydrogen-bond donors (Lipinski definition) is 2. The quantitative estimate of drug-likeness (QED) is 0.622. The molecular formula is C19H26ClN5O. The first-order chi connectivity index (χ1) is 12.1. The van der Waals surface area contributed by atoms with Gasteiger partial charge in [-0.05, 0) is 58.0 Å². The molecule has 0 bridgehead atoms. The van der Waals surface area contributed by atoms with Crippen molar-refractivity contribution in [2.75, 3.05) is 20.1 Å². The van der Waals surface area contributed by atoms with Gasteiger partial charge < -0.3 is 10.6 Å². The summed E-state index contributed by atoms with van der Waals surface area (Å²) in [7, 11) is 1.91. The summed E-state index contributed by atoms with van der Waals surface area (Å²) in [5.41, 5.74) is 4.95. The van der Waals surface area contributed by atoms with Crippen LogP contribution in [0, 0.1) is 13.8 Å². The van der Waals surface area contributed by atoms with Gasteiger partial charge in [-0.1, -0.05) is 12.1 Å². The maximum atomic E-state index is 12.0. The highest BCUT2D eigenvalue weighted by Gasteiger charge is 2.14. The molecule has 2 N–H and O–H groups in total. The molecule has 140 valence electrons. The molecule has 0 atom stereocenters. The fourth-order valence-corrected chi connectivity index (χ4v) is 3.16. The van der Waals surface area contributed by atoms with Crippen LogP contribution in [0.15, 0.2) is 24.3 Å². The number of fused-ring (bicyclic) bond motifs is 3. The number of benzene rings is 1. The smallest absolute Gasteiger partial charge is 0.220 e. The van der Waals surface area contributed by atoms with E-state index in [0.717, 1.165) is 46.5 Å². The third-order valence-corrected chi connectivity index (χ3v) is 4.55. The summed E-state index contributed by atoms with van der Waals surface area (Å²) in [4.78, 5) is 16.8. The van der Waals surface area contributed by atoms with E-state index in [9.17, 15) is 4.79 Å². The van der Waals surface area contributed by atoms with E-state index >= 15 is 0 Å². The maximum absolute atomic E-state index is 12.0. The van der Waals surface area contributed by atoms with Crippen molar-refractivity contribution in [1.82, 2.24) is 25.2 Å². The number of halogens is 1. The van der Waals surface area contributed by atoms with Crippen molar-refractivity contribution in [3.63, 3.8) is 0 Å².